The zero-order valence-corrected chi connectivity index (χ0v) is 9.84. The van der Waals surface area contributed by atoms with Crippen LogP contribution in [0.2, 0.25) is 0 Å². The van der Waals surface area contributed by atoms with Gasteiger partial charge in [-0.15, -0.1) is 0 Å². The Labute approximate surface area is 102 Å². The fourth-order valence-corrected chi connectivity index (χ4v) is 2.37. The van der Waals surface area contributed by atoms with Gasteiger partial charge in [-0.25, -0.2) is 4.98 Å². The van der Waals surface area contributed by atoms with E-state index in [2.05, 4.69) is 16.0 Å². The van der Waals surface area contributed by atoms with E-state index in [-0.39, 0.29) is 6.61 Å². The highest BCUT2D eigenvalue weighted by Gasteiger charge is 2.21. The van der Waals surface area contributed by atoms with Gasteiger partial charge < -0.3 is 5.11 Å². The van der Waals surface area contributed by atoms with Crippen LogP contribution in [0.15, 0.2) is 18.3 Å². The summed E-state index contributed by atoms with van der Waals surface area (Å²) in [4.78, 5) is 6.34. The van der Waals surface area contributed by atoms with Crippen molar-refractivity contribution >= 4 is 0 Å². The molecule has 1 aromatic rings. The Balaban J connectivity index is 1.91. The first-order chi connectivity index (χ1) is 8.31. The molecule has 1 unspecified atom stereocenters. The Morgan fingerprint density at radius 3 is 3.24 bits per heavy atom. The summed E-state index contributed by atoms with van der Waals surface area (Å²) in [5.74, 6) is 0.622. The molecule has 1 saturated heterocycles. The molecule has 4 nitrogen and oxygen atoms in total. The first-order valence-corrected chi connectivity index (χ1v) is 6.00. The van der Waals surface area contributed by atoms with Gasteiger partial charge in [-0.05, 0) is 43.0 Å². The topological polar surface area (TPSA) is 60.2 Å². The maximum atomic E-state index is 8.91. The van der Waals surface area contributed by atoms with Crippen LogP contribution in [0.25, 0.3) is 0 Å². The number of likely N-dealkylation sites (tertiary alicyclic amines) is 1. The minimum absolute atomic E-state index is 0.284. The molecule has 0 saturated carbocycles. The Hall–Kier alpha value is -1.44. The van der Waals surface area contributed by atoms with Gasteiger partial charge in [0.25, 0.3) is 0 Å². The molecule has 1 N–H and O–H groups in total. The van der Waals surface area contributed by atoms with Crippen molar-refractivity contribution in [3.05, 3.63) is 29.6 Å². The highest BCUT2D eigenvalue weighted by molar-refractivity contribution is 5.25. The van der Waals surface area contributed by atoms with Crippen LogP contribution in [-0.4, -0.2) is 34.7 Å². The van der Waals surface area contributed by atoms with Crippen molar-refractivity contribution in [1.29, 1.82) is 5.26 Å². The number of nitriles is 1. The molecule has 1 atom stereocenters. The van der Waals surface area contributed by atoms with Crippen LogP contribution in [0.3, 0.4) is 0 Å². The van der Waals surface area contributed by atoms with E-state index in [9.17, 15) is 0 Å². The summed E-state index contributed by atoms with van der Waals surface area (Å²) in [5.41, 5.74) is 1.62. The van der Waals surface area contributed by atoms with Crippen molar-refractivity contribution in [3.63, 3.8) is 0 Å². The summed E-state index contributed by atoms with van der Waals surface area (Å²) < 4.78 is 0. The number of pyridine rings is 1. The Kier molecular flexibility index (Phi) is 4.08. The first kappa shape index (κ1) is 12.0. The number of nitrogens with zero attached hydrogens (tertiary/aromatic N) is 3. The number of aliphatic hydroxyl groups excluding tert-OH is 1. The largest absolute Gasteiger partial charge is 0.396 e. The summed E-state index contributed by atoms with van der Waals surface area (Å²) in [6.45, 7) is 3.28. The average Bonchev–Trinajstić information content (AvgIpc) is 2.77. The van der Waals surface area contributed by atoms with Gasteiger partial charge in [0, 0.05) is 25.9 Å². The summed E-state index contributed by atoms with van der Waals surface area (Å²) in [6.07, 6.45) is 3.75. The van der Waals surface area contributed by atoms with E-state index in [1.54, 1.807) is 6.20 Å². The molecule has 1 fully saturated rings. The smallest absolute Gasteiger partial charge is 0.140 e. The highest BCUT2D eigenvalue weighted by Crippen LogP contribution is 2.21. The molecule has 1 aliphatic rings. The molecule has 2 heterocycles. The van der Waals surface area contributed by atoms with Crippen LogP contribution >= 0.6 is 0 Å². The highest BCUT2D eigenvalue weighted by atomic mass is 16.3. The van der Waals surface area contributed by atoms with E-state index < -0.39 is 0 Å². The van der Waals surface area contributed by atoms with Gasteiger partial charge in [0.1, 0.15) is 11.8 Å². The molecule has 0 spiro atoms. The van der Waals surface area contributed by atoms with Crippen LogP contribution in [0, 0.1) is 17.2 Å². The van der Waals surface area contributed by atoms with Crippen molar-refractivity contribution in [3.8, 4) is 6.07 Å². The van der Waals surface area contributed by atoms with Gasteiger partial charge in [-0.3, -0.25) is 4.90 Å². The molecule has 0 amide bonds. The summed E-state index contributed by atoms with van der Waals surface area (Å²) >= 11 is 0. The van der Waals surface area contributed by atoms with Crippen LogP contribution in [0.1, 0.15) is 24.1 Å². The van der Waals surface area contributed by atoms with E-state index in [4.69, 9.17) is 10.4 Å². The average molecular weight is 231 g/mol. The van der Waals surface area contributed by atoms with Crippen molar-refractivity contribution in [2.45, 2.75) is 19.4 Å². The van der Waals surface area contributed by atoms with E-state index in [0.717, 1.165) is 38.0 Å². The minimum Gasteiger partial charge on any atom is -0.396 e. The Morgan fingerprint density at radius 1 is 1.59 bits per heavy atom. The van der Waals surface area contributed by atoms with E-state index >= 15 is 0 Å². The molecule has 0 aliphatic carbocycles. The molecule has 4 heteroatoms. The second kappa shape index (κ2) is 5.76. The fourth-order valence-electron chi connectivity index (χ4n) is 2.37. The predicted octanol–water partition coefficient (Wildman–Crippen LogP) is 1.16. The van der Waals surface area contributed by atoms with Gasteiger partial charge in [-0.2, -0.15) is 5.26 Å². The number of hydrogen-bond acceptors (Lipinski definition) is 4. The molecule has 2 rings (SSSR count). The molecule has 0 bridgehead atoms. The third kappa shape index (κ3) is 3.26. The van der Waals surface area contributed by atoms with Gasteiger partial charge in [0.2, 0.25) is 0 Å². The molecule has 1 aliphatic heterocycles. The molecule has 0 radical (unpaired) electrons. The molecule has 1 aromatic heterocycles. The predicted molar refractivity (Wildman–Crippen MR) is 64.0 cm³/mol. The zero-order valence-electron chi connectivity index (χ0n) is 9.84. The second-order valence-corrected chi connectivity index (χ2v) is 4.56. The molecular formula is C13H17N3O. The summed E-state index contributed by atoms with van der Waals surface area (Å²) in [6, 6.07) is 5.86. The minimum atomic E-state index is 0.284. The number of rotatable bonds is 4. The molecule has 0 aromatic carbocycles. The second-order valence-electron chi connectivity index (χ2n) is 4.56. The molecule has 17 heavy (non-hydrogen) atoms. The Bertz CT molecular complexity index is 413. The van der Waals surface area contributed by atoms with Gasteiger partial charge in [-0.1, -0.05) is 0 Å². The van der Waals surface area contributed by atoms with Gasteiger partial charge in [0.15, 0.2) is 0 Å². The van der Waals surface area contributed by atoms with Gasteiger partial charge >= 0.3 is 0 Å². The van der Waals surface area contributed by atoms with Crippen molar-refractivity contribution in [2.24, 2.45) is 5.92 Å². The number of aromatic nitrogens is 1. The van der Waals surface area contributed by atoms with Crippen molar-refractivity contribution < 1.29 is 5.11 Å². The number of aliphatic hydroxyl groups is 1. The van der Waals surface area contributed by atoms with Crippen LogP contribution in [0.4, 0.5) is 0 Å². The lowest BCUT2D eigenvalue weighted by Crippen LogP contribution is -2.20. The Morgan fingerprint density at radius 2 is 2.47 bits per heavy atom. The normalized spacial score (nSPS) is 20.4. The molecule has 90 valence electrons. The monoisotopic (exact) mass is 231 g/mol. The summed E-state index contributed by atoms with van der Waals surface area (Å²) in [7, 11) is 0. The van der Waals surface area contributed by atoms with Crippen molar-refractivity contribution in [2.75, 3.05) is 19.7 Å². The molecular weight excluding hydrogens is 214 g/mol. The lowest BCUT2D eigenvalue weighted by molar-refractivity contribution is 0.249. The van der Waals surface area contributed by atoms with Crippen molar-refractivity contribution in [1.82, 2.24) is 9.88 Å². The van der Waals surface area contributed by atoms with Crippen LogP contribution < -0.4 is 0 Å². The third-order valence-electron chi connectivity index (χ3n) is 3.25. The zero-order chi connectivity index (χ0) is 12.1. The van der Waals surface area contributed by atoms with Crippen LogP contribution in [0.5, 0.6) is 0 Å². The van der Waals surface area contributed by atoms with Crippen LogP contribution in [-0.2, 0) is 6.54 Å². The maximum Gasteiger partial charge on any atom is 0.140 e. The number of hydrogen-bond donors (Lipinski definition) is 1. The first-order valence-electron chi connectivity index (χ1n) is 6.00. The fraction of sp³-hybridized carbons (Fsp3) is 0.538. The quantitative estimate of drug-likeness (QED) is 0.844. The lowest BCUT2D eigenvalue weighted by Gasteiger charge is -2.15. The summed E-state index contributed by atoms with van der Waals surface area (Å²) in [5, 5.41) is 17.7. The van der Waals surface area contributed by atoms with Gasteiger partial charge in [0.05, 0.1) is 0 Å². The van der Waals surface area contributed by atoms with E-state index in [1.165, 1.54) is 0 Å². The SMILES string of the molecule is N#Cc1cc(CN2CCC(CCO)C2)ccn1. The standard InChI is InChI=1S/C13H17N3O/c14-8-13-7-12(1-4-15-13)10-16-5-2-11(9-16)3-6-17/h1,4,7,11,17H,2-3,5-6,9-10H2. The van der Waals surface area contributed by atoms with E-state index in [0.29, 0.717) is 11.6 Å². The maximum absolute atomic E-state index is 8.91. The van der Waals surface area contributed by atoms with E-state index in [1.807, 2.05) is 12.1 Å². The lowest BCUT2D eigenvalue weighted by atomic mass is 10.1. The third-order valence-corrected chi connectivity index (χ3v) is 3.25.